The van der Waals surface area contributed by atoms with Crippen LogP contribution in [0.5, 0.6) is 0 Å². The highest BCUT2D eigenvalue weighted by Gasteiger charge is 2.23. The minimum Gasteiger partial charge on any atom is -0.278 e. The van der Waals surface area contributed by atoms with Gasteiger partial charge in [-0.1, -0.05) is 19.9 Å². The fraction of sp³-hybridized carbons (Fsp3) is 0.158. The Hall–Kier alpha value is -2.67. The van der Waals surface area contributed by atoms with Crippen LogP contribution in [0.2, 0.25) is 0 Å². The maximum Gasteiger partial charge on any atom is 0.187 e. The minimum absolute atomic E-state index is 0.0509. The van der Waals surface area contributed by atoms with Gasteiger partial charge in [0.2, 0.25) is 0 Å². The average Bonchev–Trinajstić information content (AvgIpc) is 3.25. The lowest BCUT2D eigenvalue weighted by molar-refractivity contribution is 0.628. The molecule has 132 valence electrons. The van der Waals surface area contributed by atoms with Crippen molar-refractivity contribution in [2.24, 2.45) is 0 Å². The second-order valence-corrected chi connectivity index (χ2v) is 6.87. The molecule has 4 rings (SSSR count). The molecule has 26 heavy (non-hydrogen) atoms. The summed E-state index contributed by atoms with van der Waals surface area (Å²) in [6, 6.07) is 12.0. The third-order valence-electron chi connectivity index (χ3n) is 4.35. The van der Waals surface area contributed by atoms with E-state index in [1.54, 1.807) is 18.3 Å². The highest BCUT2D eigenvalue weighted by Crippen LogP contribution is 2.40. The summed E-state index contributed by atoms with van der Waals surface area (Å²) in [6.45, 7) is 4.00. The highest BCUT2D eigenvalue weighted by molar-refractivity contribution is 7.92. The predicted octanol–water partition coefficient (Wildman–Crippen LogP) is 5.74. The van der Waals surface area contributed by atoms with Crippen molar-refractivity contribution >= 4 is 23.2 Å². The summed E-state index contributed by atoms with van der Waals surface area (Å²) in [4.78, 5) is 0. The molecule has 4 nitrogen and oxygen atoms in total. The normalized spacial score (nSPS) is 11.6. The maximum absolute atomic E-state index is 13.6. The molecule has 2 aromatic heterocycles. The maximum atomic E-state index is 13.6. The van der Waals surface area contributed by atoms with Gasteiger partial charge in [-0.2, -0.15) is 14.3 Å². The number of H-pyrrole nitrogens is 1. The molecule has 2 heterocycles. The van der Waals surface area contributed by atoms with Crippen LogP contribution in [0.4, 0.5) is 8.28 Å². The quantitative estimate of drug-likeness (QED) is 0.498. The van der Waals surface area contributed by atoms with Crippen LogP contribution in [0.15, 0.2) is 48.7 Å². The number of hydrogen-bond acceptors (Lipinski definition) is 3. The molecule has 0 amide bonds. The Labute approximate surface area is 153 Å². The summed E-state index contributed by atoms with van der Waals surface area (Å²) in [5.74, 6) is -0.270. The zero-order valence-electron chi connectivity index (χ0n) is 14.2. The Morgan fingerprint density at radius 3 is 2.50 bits per heavy atom. The number of hydrogen-bond donors (Lipinski definition) is 1. The van der Waals surface area contributed by atoms with Crippen LogP contribution in [-0.2, 0) is 0 Å². The third-order valence-corrected chi connectivity index (χ3v) is 4.76. The third kappa shape index (κ3) is 2.78. The first-order valence-corrected chi connectivity index (χ1v) is 8.87. The zero-order valence-corrected chi connectivity index (χ0v) is 15.0. The van der Waals surface area contributed by atoms with E-state index < -0.39 is 0 Å². The van der Waals surface area contributed by atoms with Crippen LogP contribution in [0, 0.1) is 5.82 Å². The molecule has 0 aliphatic carbocycles. The predicted molar refractivity (Wildman–Crippen MR) is 101 cm³/mol. The van der Waals surface area contributed by atoms with Gasteiger partial charge in [0.1, 0.15) is 11.5 Å². The summed E-state index contributed by atoms with van der Waals surface area (Å²) in [5.41, 5.74) is 4.84. The number of aromatic amines is 1. The van der Waals surface area contributed by atoms with Crippen molar-refractivity contribution < 1.29 is 8.28 Å². The molecule has 2 aromatic carbocycles. The first kappa shape index (κ1) is 16.8. The van der Waals surface area contributed by atoms with Crippen LogP contribution >= 0.6 is 12.3 Å². The summed E-state index contributed by atoms with van der Waals surface area (Å²) in [7, 11) is 0. The molecule has 0 aliphatic rings. The second-order valence-electron chi connectivity index (χ2n) is 6.38. The number of fused-ring (bicyclic) bond motifs is 1. The van der Waals surface area contributed by atoms with Gasteiger partial charge in [0.05, 0.1) is 17.4 Å². The van der Waals surface area contributed by atoms with E-state index in [-0.39, 0.29) is 24.1 Å². The smallest absolute Gasteiger partial charge is 0.187 e. The molecule has 0 radical (unpaired) electrons. The van der Waals surface area contributed by atoms with Gasteiger partial charge in [0.15, 0.2) is 12.3 Å². The van der Waals surface area contributed by atoms with E-state index in [9.17, 15) is 8.28 Å². The Balaban J connectivity index is 2.00. The molecule has 0 unspecified atom stereocenters. The molecule has 1 N–H and O–H groups in total. The Morgan fingerprint density at radius 1 is 1.08 bits per heavy atom. The topological polar surface area (TPSA) is 46.5 Å². The monoisotopic (exact) mass is 370 g/mol. The van der Waals surface area contributed by atoms with Gasteiger partial charge in [-0.05, 0) is 47.9 Å². The van der Waals surface area contributed by atoms with Gasteiger partial charge in [-0.3, -0.25) is 5.10 Å². The van der Waals surface area contributed by atoms with Crippen LogP contribution in [-0.4, -0.2) is 19.4 Å². The number of rotatable bonds is 4. The fourth-order valence-electron chi connectivity index (χ4n) is 3.17. The molecular formula is C19H16F2N4S. The van der Waals surface area contributed by atoms with E-state index in [0.717, 1.165) is 33.3 Å². The minimum atomic E-state index is -0.321. The van der Waals surface area contributed by atoms with Gasteiger partial charge in [0.25, 0.3) is 0 Å². The fourth-order valence-corrected chi connectivity index (χ4v) is 3.66. The number of aromatic nitrogens is 4. The SMILES string of the molecule is CC(C)c1c(-c2ccc3[nH]ncc3c2)c(-c2ccc(F)cc2)nn1SF. The zero-order chi connectivity index (χ0) is 18.3. The largest absolute Gasteiger partial charge is 0.278 e. The van der Waals surface area contributed by atoms with Gasteiger partial charge in [-0.25, -0.2) is 4.39 Å². The Bertz CT molecular complexity index is 1070. The molecule has 0 saturated heterocycles. The molecule has 7 heteroatoms. The van der Waals surface area contributed by atoms with Crippen molar-refractivity contribution in [2.45, 2.75) is 19.8 Å². The lowest BCUT2D eigenvalue weighted by Crippen LogP contribution is -1.98. The second kappa shape index (κ2) is 6.57. The molecule has 0 saturated carbocycles. The molecule has 0 atom stereocenters. The van der Waals surface area contributed by atoms with Crippen LogP contribution in [0.25, 0.3) is 33.3 Å². The first-order valence-electron chi connectivity index (χ1n) is 8.20. The Morgan fingerprint density at radius 2 is 1.81 bits per heavy atom. The van der Waals surface area contributed by atoms with Gasteiger partial charge in [0, 0.05) is 16.5 Å². The van der Waals surface area contributed by atoms with E-state index >= 15 is 0 Å². The molecule has 0 fully saturated rings. The van der Waals surface area contributed by atoms with Crippen LogP contribution < -0.4 is 0 Å². The van der Waals surface area contributed by atoms with Gasteiger partial charge < -0.3 is 0 Å². The molecule has 0 bridgehead atoms. The van der Waals surface area contributed by atoms with Gasteiger partial charge >= 0.3 is 0 Å². The van der Waals surface area contributed by atoms with E-state index in [2.05, 4.69) is 15.3 Å². The van der Waals surface area contributed by atoms with E-state index in [1.165, 1.54) is 16.2 Å². The van der Waals surface area contributed by atoms with Crippen molar-refractivity contribution in [3.63, 3.8) is 0 Å². The van der Waals surface area contributed by atoms with Crippen molar-refractivity contribution in [1.82, 2.24) is 19.4 Å². The summed E-state index contributed by atoms with van der Waals surface area (Å²) >= 11 is 0.0695. The van der Waals surface area contributed by atoms with Crippen molar-refractivity contribution in [1.29, 1.82) is 0 Å². The standard InChI is InChI=1S/C19H16F2N4S/c1-11(2)19-17(13-5-8-16-14(9-13)10-22-23-16)18(24-25(19)26-21)12-3-6-15(20)7-4-12/h3-11H,1-2H3,(H,22,23). The summed E-state index contributed by atoms with van der Waals surface area (Å²) < 4.78 is 28.2. The molecular weight excluding hydrogens is 354 g/mol. The van der Waals surface area contributed by atoms with Gasteiger partial charge in [-0.15, -0.1) is 3.89 Å². The van der Waals surface area contributed by atoms with Crippen molar-refractivity contribution in [3.05, 3.63) is 60.2 Å². The van der Waals surface area contributed by atoms with Crippen molar-refractivity contribution in [3.8, 4) is 22.4 Å². The Kier molecular flexibility index (Phi) is 4.24. The van der Waals surface area contributed by atoms with E-state index in [1.807, 2.05) is 32.0 Å². The molecule has 0 spiro atoms. The number of nitrogens with one attached hydrogen (secondary N) is 1. The number of nitrogens with zero attached hydrogens (tertiary/aromatic N) is 3. The summed E-state index contributed by atoms with van der Waals surface area (Å²) in [5, 5.41) is 12.4. The molecule has 0 aliphatic heterocycles. The highest BCUT2D eigenvalue weighted by atomic mass is 32.2. The van der Waals surface area contributed by atoms with Crippen LogP contribution in [0.1, 0.15) is 25.5 Å². The summed E-state index contributed by atoms with van der Waals surface area (Å²) in [6.07, 6.45) is 1.75. The number of halogens is 2. The number of benzene rings is 2. The average molecular weight is 370 g/mol. The molecule has 4 aromatic rings. The lowest BCUT2D eigenvalue weighted by Gasteiger charge is -2.11. The first-order chi connectivity index (χ1) is 12.6. The van der Waals surface area contributed by atoms with Crippen LogP contribution in [0.3, 0.4) is 0 Å². The van der Waals surface area contributed by atoms with E-state index in [4.69, 9.17) is 0 Å². The van der Waals surface area contributed by atoms with E-state index in [0.29, 0.717) is 5.69 Å². The lowest BCUT2D eigenvalue weighted by atomic mass is 9.94. The van der Waals surface area contributed by atoms with Crippen molar-refractivity contribution in [2.75, 3.05) is 0 Å².